The van der Waals surface area contributed by atoms with Gasteiger partial charge < -0.3 is 4.40 Å². The predicted molar refractivity (Wildman–Crippen MR) is 74.5 cm³/mol. The molecule has 0 unspecified atom stereocenters. The Hall–Kier alpha value is -1.62. The molecular weight excluding hydrogens is 292 g/mol. The van der Waals surface area contributed by atoms with Gasteiger partial charge >= 0.3 is 0 Å². The average Bonchev–Trinajstić information content (AvgIpc) is 2.93. The summed E-state index contributed by atoms with van der Waals surface area (Å²) in [7, 11) is 0. The molecule has 18 heavy (non-hydrogen) atoms. The highest BCUT2D eigenvalue weighted by atomic mass is 79.9. The van der Waals surface area contributed by atoms with Gasteiger partial charge in [0.25, 0.3) is 0 Å². The first kappa shape index (κ1) is 11.5. The van der Waals surface area contributed by atoms with Gasteiger partial charge in [0.05, 0.1) is 11.9 Å². The van der Waals surface area contributed by atoms with E-state index in [0.29, 0.717) is 0 Å². The van der Waals surface area contributed by atoms with Crippen LogP contribution >= 0.6 is 15.9 Å². The van der Waals surface area contributed by atoms with Gasteiger partial charge in [-0.2, -0.15) is 5.10 Å². The van der Waals surface area contributed by atoms with Gasteiger partial charge in [0.15, 0.2) is 0 Å². The number of fused-ring (bicyclic) bond motifs is 1. The van der Waals surface area contributed by atoms with Crippen molar-refractivity contribution in [3.63, 3.8) is 0 Å². The van der Waals surface area contributed by atoms with E-state index in [9.17, 15) is 0 Å². The number of pyridine rings is 1. The minimum atomic E-state index is 0.873. The largest absolute Gasteiger partial charge is 0.305 e. The van der Waals surface area contributed by atoms with Gasteiger partial charge in [0.1, 0.15) is 5.65 Å². The van der Waals surface area contributed by atoms with Crippen molar-refractivity contribution >= 4 is 21.6 Å². The van der Waals surface area contributed by atoms with Gasteiger partial charge in [-0.1, -0.05) is 0 Å². The Balaban J connectivity index is 2.16. The third-order valence-electron chi connectivity index (χ3n) is 2.95. The lowest BCUT2D eigenvalue weighted by Crippen LogP contribution is -1.91. The highest BCUT2D eigenvalue weighted by molar-refractivity contribution is 9.10. The molecule has 3 rings (SSSR count). The van der Waals surface area contributed by atoms with Gasteiger partial charge in [-0.15, -0.1) is 0 Å². The van der Waals surface area contributed by atoms with Gasteiger partial charge in [0, 0.05) is 35.2 Å². The molecule has 3 aromatic heterocycles. The summed E-state index contributed by atoms with van der Waals surface area (Å²) in [6.07, 6.45) is 7.93. The lowest BCUT2D eigenvalue weighted by molar-refractivity contribution is 0.660. The molecule has 0 amide bonds. The zero-order valence-corrected chi connectivity index (χ0v) is 11.8. The van der Waals surface area contributed by atoms with E-state index in [-0.39, 0.29) is 0 Å². The van der Waals surface area contributed by atoms with Crippen LogP contribution in [0.5, 0.6) is 0 Å². The first-order chi connectivity index (χ1) is 8.67. The summed E-state index contributed by atoms with van der Waals surface area (Å²) in [4.78, 5) is 4.66. The predicted octanol–water partition coefficient (Wildman–Crippen LogP) is 3.29. The molecule has 0 aromatic carbocycles. The molecule has 0 atom stereocenters. The molecule has 0 saturated heterocycles. The summed E-state index contributed by atoms with van der Waals surface area (Å²) in [6.45, 7) is 5.01. The number of halogens is 1. The number of hydrogen-bond acceptors (Lipinski definition) is 2. The van der Waals surface area contributed by atoms with E-state index in [1.165, 1.54) is 0 Å². The molecular formula is C13H13BrN4. The SMILES string of the molecule is CCn1cc(-c2cn3cc(Br)cc(C)c3n2)cn1. The lowest BCUT2D eigenvalue weighted by atomic mass is 10.3. The van der Waals surface area contributed by atoms with E-state index >= 15 is 0 Å². The van der Waals surface area contributed by atoms with Gasteiger partial charge in [-0.3, -0.25) is 4.68 Å². The number of rotatable bonds is 2. The molecule has 5 heteroatoms. The van der Waals surface area contributed by atoms with Gasteiger partial charge in [0.2, 0.25) is 0 Å². The number of aryl methyl sites for hydroxylation is 2. The van der Waals surface area contributed by atoms with E-state index in [0.717, 1.165) is 33.5 Å². The fourth-order valence-corrected chi connectivity index (χ4v) is 2.60. The van der Waals surface area contributed by atoms with E-state index in [1.54, 1.807) is 0 Å². The minimum Gasteiger partial charge on any atom is -0.305 e. The highest BCUT2D eigenvalue weighted by Crippen LogP contribution is 2.22. The van der Waals surface area contributed by atoms with E-state index in [4.69, 9.17) is 0 Å². The van der Waals surface area contributed by atoms with Crippen LogP contribution in [0.25, 0.3) is 16.9 Å². The van der Waals surface area contributed by atoms with Crippen molar-refractivity contribution in [2.75, 3.05) is 0 Å². The van der Waals surface area contributed by atoms with Crippen molar-refractivity contribution in [1.82, 2.24) is 19.2 Å². The van der Waals surface area contributed by atoms with Crippen LogP contribution in [0.3, 0.4) is 0 Å². The third kappa shape index (κ3) is 1.84. The molecule has 0 N–H and O–H groups in total. The Bertz CT molecular complexity index is 711. The first-order valence-electron chi connectivity index (χ1n) is 5.85. The standard InChI is InChI=1S/C13H13BrN4/c1-3-18-6-10(5-15-18)12-8-17-7-11(14)4-9(2)13(17)16-12/h4-8H,3H2,1-2H3. The smallest absolute Gasteiger partial charge is 0.140 e. The van der Waals surface area contributed by atoms with Crippen molar-refractivity contribution in [3.8, 4) is 11.3 Å². The van der Waals surface area contributed by atoms with Gasteiger partial charge in [-0.25, -0.2) is 4.98 Å². The molecule has 0 bridgehead atoms. The Kier molecular flexibility index (Phi) is 2.70. The van der Waals surface area contributed by atoms with Crippen LogP contribution in [-0.2, 0) is 6.54 Å². The maximum absolute atomic E-state index is 4.66. The Morgan fingerprint density at radius 2 is 2.11 bits per heavy atom. The normalized spacial score (nSPS) is 11.3. The monoisotopic (exact) mass is 304 g/mol. The van der Waals surface area contributed by atoms with E-state index in [1.807, 2.05) is 33.9 Å². The van der Waals surface area contributed by atoms with E-state index in [2.05, 4.69) is 45.9 Å². The van der Waals surface area contributed by atoms with E-state index < -0.39 is 0 Å². The summed E-state index contributed by atoms with van der Waals surface area (Å²) in [5, 5.41) is 4.28. The molecule has 4 nitrogen and oxygen atoms in total. The van der Waals surface area contributed by atoms with Crippen LogP contribution in [0, 0.1) is 6.92 Å². The van der Waals surface area contributed by atoms with Crippen molar-refractivity contribution in [2.45, 2.75) is 20.4 Å². The second-order valence-corrected chi connectivity index (χ2v) is 5.20. The third-order valence-corrected chi connectivity index (χ3v) is 3.39. The van der Waals surface area contributed by atoms with Crippen LogP contribution in [0.4, 0.5) is 0 Å². The zero-order valence-electron chi connectivity index (χ0n) is 10.3. The molecule has 0 saturated carbocycles. The van der Waals surface area contributed by atoms with Crippen LogP contribution < -0.4 is 0 Å². The fraction of sp³-hybridized carbons (Fsp3) is 0.231. The molecule has 0 radical (unpaired) electrons. The van der Waals surface area contributed by atoms with Crippen molar-refractivity contribution in [3.05, 3.63) is 40.9 Å². The second-order valence-electron chi connectivity index (χ2n) is 4.28. The summed E-state index contributed by atoms with van der Waals surface area (Å²) in [5.74, 6) is 0. The summed E-state index contributed by atoms with van der Waals surface area (Å²) in [6, 6.07) is 2.07. The Morgan fingerprint density at radius 1 is 1.28 bits per heavy atom. The highest BCUT2D eigenvalue weighted by Gasteiger charge is 2.08. The lowest BCUT2D eigenvalue weighted by Gasteiger charge is -1.97. The number of hydrogen-bond donors (Lipinski definition) is 0. The van der Waals surface area contributed by atoms with Crippen molar-refractivity contribution < 1.29 is 0 Å². The average molecular weight is 305 g/mol. The van der Waals surface area contributed by atoms with Gasteiger partial charge in [-0.05, 0) is 41.4 Å². The number of nitrogens with zero attached hydrogens (tertiary/aromatic N) is 4. The zero-order chi connectivity index (χ0) is 12.7. The molecule has 0 fully saturated rings. The first-order valence-corrected chi connectivity index (χ1v) is 6.64. The summed E-state index contributed by atoms with van der Waals surface area (Å²) < 4.78 is 5.00. The second kappa shape index (κ2) is 4.24. The number of aromatic nitrogens is 4. The number of imidazole rings is 1. The molecule has 92 valence electrons. The Morgan fingerprint density at radius 3 is 2.83 bits per heavy atom. The summed E-state index contributed by atoms with van der Waals surface area (Å²) >= 11 is 3.50. The summed E-state index contributed by atoms with van der Waals surface area (Å²) in [5.41, 5.74) is 4.14. The van der Waals surface area contributed by atoms with Crippen LogP contribution in [-0.4, -0.2) is 19.2 Å². The van der Waals surface area contributed by atoms with Crippen molar-refractivity contribution in [2.24, 2.45) is 0 Å². The van der Waals surface area contributed by atoms with Crippen LogP contribution in [0.1, 0.15) is 12.5 Å². The molecule has 3 aromatic rings. The van der Waals surface area contributed by atoms with Crippen LogP contribution in [0.15, 0.2) is 35.3 Å². The topological polar surface area (TPSA) is 35.1 Å². The quantitative estimate of drug-likeness (QED) is 0.728. The molecule has 0 aliphatic heterocycles. The van der Waals surface area contributed by atoms with Crippen LogP contribution in [0.2, 0.25) is 0 Å². The minimum absolute atomic E-state index is 0.873. The van der Waals surface area contributed by atoms with Crippen molar-refractivity contribution in [1.29, 1.82) is 0 Å². The molecule has 3 heterocycles. The molecule has 0 spiro atoms. The maximum Gasteiger partial charge on any atom is 0.140 e. The molecule has 0 aliphatic rings. The molecule has 0 aliphatic carbocycles. The maximum atomic E-state index is 4.66. The fourth-order valence-electron chi connectivity index (χ4n) is 2.03. The Labute approximate surface area is 113 Å².